The average molecular weight is 337 g/mol. The number of carbonyl (C=O) groups excluding carboxylic acids is 1. The summed E-state index contributed by atoms with van der Waals surface area (Å²) in [6, 6.07) is 13.8. The molecule has 0 aliphatic heterocycles. The van der Waals surface area contributed by atoms with Crippen molar-refractivity contribution in [3.63, 3.8) is 0 Å². The molecule has 2 N–H and O–H groups in total. The van der Waals surface area contributed by atoms with Gasteiger partial charge in [-0.3, -0.25) is 10.0 Å². The van der Waals surface area contributed by atoms with E-state index in [1.807, 2.05) is 35.9 Å². The molecule has 1 amide bonds. The highest BCUT2D eigenvalue weighted by molar-refractivity contribution is 5.91. The van der Waals surface area contributed by atoms with Gasteiger partial charge in [0.2, 0.25) is 0 Å². The SMILES string of the molecule is Cn1cnc(-c2ccc(F)cc2)c1-c1ccc(/C=C/C(=O)NO)cc1. The fraction of sp³-hybridized carbons (Fsp3) is 0.0526. The third-order valence-corrected chi connectivity index (χ3v) is 3.78. The summed E-state index contributed by atoms with van der Waals surface area (Å²) < 4.78 is 15.1. The number of nitrogens with one attached hydrogen (secondary N) is 1. The summed E-state index contributed by atoms with van der Waals surface area (Å²) >= 11 is 0. The molecule has 0 aliphatic carbocycles. The molecule has 1 aromatic heterocycles. The van der Waals surface area contributed by atoms with Gasteiger partial charge in [-0.1, -0.05) is 24.3 Å². The zero-order valence-corrected chi connectivity index (χ0v) is 13.5. The fourth-order valence-electron chi connectivity index (χ4n) is 2.55. The van der Waals surface area contributed by atoms with Crippen LogP contribution in [0.25, 0.3) is 28.6 Å². The van der Waals surface area contributed by atoms with Crippen LogP contribution < -0.4 is 5.48 Å². The number of hydrogen-bond donors (Lipinski definition) is 2. The molecular weight excluding hydrogens is 321 g/mol. The van der Waals surface area contributed by atoms with E-state index in [1.54, 1.807) is 30.0 Å². The third kappa shape index (κ3) is 3.64. The van der Waals surface area contributed by atoms with Crippen molar-refractivity contribution in [2.75, 3.05) is 0 Å². The Bertz CT molecular complexity index is 913. The molecule has 25 heavy (non-hydrogen) atoms. The molecule has 0 saturated carbocycles. The highest BCUT2D eigenvalue weighted by Gasteiger charge is 2.13. The van der Waals surface area contributed by atoms with Crippen LogP contribution in [0.15, 0.2) is 60.9 Å². The van der Waals surface area contributed by atoms with E-state index in [9.17, 15) is 9.18 Å². The van der Waals surface area contributed by atoms with Crippen molar-refractivity contribution in [1.82, 2.24) is 15.0 Å². The monoisotopic (exact) mass is 337 g/mol. The van der Waals surface area contributed by atoms with Crippen LogP contribution in [0.5, 0.6) is 0 Å². The van der Waals surface area contributed by atoms with E-state index in [4.69, 9.17) is 5.21 Å². The van der Waals surface area contributed by atoms with E-state index >= 15 is 0 Å². The Labute approximate surface area is 144 Å². The van der Waals surface area contributed by atoms with Gasteiger partial charge in [-0.15, -0.1) is 0 Å². The Kier molecular flexibility index (Phi) is 4.72. The molecule has 0 unspecified atom stereocenters. The van der Waals surface area contributed by atoms with E-state index in [0.717, 1.165) is 28.1 Å². The predicted molar refractivity (Wildman–Crippen MR) is 93.0 cm³/mol. The van der Waals surface area contributed by atoms with E-state index in [2.05, 4.69) is 4.98 Å². The number of benzene rings is 2. The highest BCUT2D eigenvalue weighted by Crippen LogP contribution is 2.31. The van der Waals surface area contributed by atoms with Crippen molar-refractivity contribution in [3.05, 3.63) is 72.3 Å². The van der Waals surface area contributed by atoms with Crippen LogP contribution in [0.3, 0.4) is 0 Å². The molecule has 0 fully saturated rings. The Hall–Kier alpha value is -3.25. The lowest BCUT2D eigenvalue weighted by Crippen LogP contribution is -2.14. The molecule has 6 heteroatoms. The number of rotatable bonds is 4. The molecule has 126 valence electrons. The van der Waals surface area contributed by atoms with Crippen molar-refractivity contribution in [2.45, 2.75) is 0 Å². The summed E-state index contributed by atoms with van der Waals surface area (Å²) in [5.74, 6) is -0.876. The van der Waals surface area contributed by atoms with Gasteiger partial charge in [-0.05, 0) is 35.9 Å². The second kappa shape index (κ2) is 7.11. The van der Waals surface area contributed by atoms with E-state index in [1.165, 1.54) is 18.2 Å². The van der Waals surface area contributed by atoms with Gasteiger partial charge in [-0.2, -0.15) is 0 Å². The number of hydroxylamine groups is 1. The number of halogens is 1. The molecule has 5 nitrogen and oxygen atoms in total. The molecule has 0 spiro atoms. The van der Waals surface area contributed by atoms with E-state index < -0.39 is 5.91 Å². The zero-order chi connectivity index (χ0) is 17.8. The maximum Gasteiger partial charge on any atom is 0.267 e. The van der Waals surface area contributed by atoms with Crippen LogP contribution in [-0.2, 0) is 11.8 Å². The maximum absolute atomic E-state index is 13.2. The van der Waals surface area contributed by atoms with Crippen LogP contribution in [0.1, 0.15) is 5.56 Å². The van der Waals surface area contributed by atoms with E-state index in [0.29, 0.717) is 0 Å². The first-order valence-corrected chi connectivity index (χ1v) is 7.58. The second-order valence-corrected chi connectivity index (χ2v) is 5.49. The first-order valence-electron chi connectivity index (χ1n) is 7.58. The van der Waals surface area contributed by atoms with Crippen LogP contribution in [0.2, 0.25) is 0 Å². The van der Waals surface area contributed by atoms with Crippen LogP contribution in [0, 0.1) is 5.82 Å². The summed E-state index contributed by atoms with van der Waals surface area (Å²) in [5.41, 5.74) is 5.82. The topological polar surface area (TPSA) is 67.2 Å². The summed E-state index contributed by atoms with van der Waals surface area (Å²) in [7, 11) is 1.90. The van der Waals surface area contributed by atoms with Gasteiger partial charge in [0.25, 0.3) is 5.91 Å². The summed E-state index contributed by atoms with van der Waals surface area (Å²) in [5, 5.41) is 8.48. The lowest BCUT2D eigenvalue weighted by atomic mass is 10.0. The third-order valence-electron chi connectivity index (χ3n) is 3.78. The lowest BCUT2D eigenvalue weighted by Gasteiger charge is -2.07. The van der Waals surface area contributed by atoms with Gasteiger partial charge in [-0.25, -0.2) is 14.9 Å². The zero-order valence-electron chi connectivity index (χ0n) is 13.5. The second-order valence-electron chi connectivity index (χ2n) is 5.49. The number of amides is 1. The number of aryl methyl sites for hydroxylation is 1. The predicted octanol–water partition coefficient (Wildman–Crippen LogP) is 3.41. The van der Waals surface area contributed by atoms with Crippen molar-refractivity contribution in [1.29, 1.82) is 0 Å². The number of nitrogens with zero attached hydrogens (tertiary/aromatic N) is 2. The summed E-state index contributed by atoms with van der Waals surface area (Å²) in [6.45, 7) is 0. The Morgan fingerprint density at radius 1 is 1.12 bits per heavy atom. The molecule has 3 rings (SSSR count). The van der Waals surface area contributed by atoms with Gasteiger partial charge in [0.05, 0.1) is 17.7 Å². The van der Waals surface area contributed by atoms with Crippen molar-refractivity contribution in [2.24, 2.45) is 7.05 Å². The first kappa shape index (κ1) is 16.6. The van der Waals surface area contributed by atoms with Crippen LogP contribution in [0.4, 0.5) is 4.39 Å². The summed E-state index contributed by atoms with van der Waals surface area (Å²) in [4.78, 5) is 15.5. The minimum atomic E-state index is -0.589. The van der Waals surface area contributed by atoms with Gasteiger partial charge in [0.15, 0.2) is 0 Å². The first-order chi connectivity index (χ1) is 12.1. The molecule has 1 heterocycles. The molecule has 0 atom stereocenters. The molecule has 3 aromatic rings. The Morgan fingerprint density at radius 2 is 1.76 bits per heavy atom. The minimum Gasteiger partial charge on any atom is -0.333 e. The van der Waals surface area contributed by atoms with E-state index in [-0.39, 0.29) is 5.82 Å². The maximum atomic E-state index is 13.2. The molecule has 0 radical (unpaired) electrons. The molecule has 0 saturated heterocycles. The quantitative estimate of drug-likeness (QED) is 0.435. The van der Waals surface area contributed by atoms with Crippen molar-refractivity contribution in [3.8, 4) is 22.5 Å². The number of imidazole rings is 1. The smallest absolute Gasteiger partial charge is 0.267 e. The number of aromatic nitrogens is 2. The normalized spacial score (nSPS) is 11.0. The summed E-state index contributed by atoms with van der Waals surface area (Å²) in [6.07, 6.45) is 4.55. The highest BCUT2D eigenvalue weighted by atomic mass is 19.1. The number of carbonyl (C=O) groups is 1. The molecular formula is C19H16FN3O2. The Balaban J connectivity index is 1.94. The van der Waals surface area contributed by atoms with Gasteiger partial charge >= 0.3 is 0 Å². The van der Waals surface area contributed by atoms with Gasteiger partial charge in [0.1, 0.15) is 5.82 Å². The van der Waals surface area contributed by atoms with Crippen LogP contribution >= 0.6 is 0 Å². The minimum absolute atomic E-state index is 0.288. The van der Waals surface area contributed by atoms with Crippen molar-refractivity contribution >= 4 is 12.0 Å². The number of hydrogen-bond acceptors (Lipinski definition) is 3. The van der Waals surface area contributed by atoms with Gasteiger partial charge < -0.3 is 4.57 Å². The molecule has 2 aromatic carbocycles. The standard InChI is InChI=1S/C19H16FN3O2/c1-23-12-21-18(14-7-9-16(20)10-8-14)19(23)15-5-2-13(3-6-15)4-11-17(24)22-25/h2-12,25H,1H3,(H,22,24)/b11-4+. The average Bonchev–Trinajstić information content (AvgIpc) is 3.02. The van der Waals surface area contributed by atoms with Gasteiger partial charge in [0, 0.05) is 24.3 Å². The fourth-order valence-corrected chi connectivity index (χ4v) is 2.55. The van der Waals surface area contributed by atoms with Crippen molar-refractivity contribution < 1.29 is 14.4 Å². The molecule has 0 bridgehead atoms. The molecule has 0 aliphatic rings. The van der Waals surface area contributed by atoms with Crippen LogP contribution in [-0.4, -0.2) is 20.7 Å². The Morgan fingerprint density at radius 3 is 2.40 bits per heavy atom. The largest absolute Gasteiger partial charge is 0.333 e. The lowest BCUT2D eigenvalue weighted by molar-refractivity contribution is -0.124.